The number of aryl methyl sites for hydroxylation is 2. The van der Waals surface area contributed by atoms with E-state index in [1.807, 2.05) is 32.9 Å². The van der Waals surface area contributed by atoms with Gasteiger partial charge in [0, 0.05) is 10.9 Å². The van der Waals surface area contributed by atoms with E-state index in [0.717, 1.165) is 21.3 Å². The third-order valence-corrected chi connectivity index (χ3v) is 4.24. The molecule has 0 saturated carbocycles. The Morgan fingerprint density at radius 3 is 2.35 bits per heavy atom. The lowest BCUT2D eigenvalue weighted by molar-refractivity contribution is 0.0983. The normalized spacial score (nSPS) is 10.4. The standard InChI is InChI=1S/C16H16BrNO2/c1-4-15(19)14-6-5-12(9-18-14)20-13-7-10(2)16(17)11(3)8-13/h5-9H,4H2,1-3H3. The van der Waals surface area contributed by atoms with Crippen LogP contribution in [0, 0.1) is 13.8 Å². The summed E-state index contributed by atoms with van der Waals surface area (Å²) in [5.74, 6) is 1.42. The Bertz CT molecular complexity index is 612. The van der Waals surface area contributed by atoms with Crippen LogP contribution in [0.15, 0.2) is 34.9 Å². The first-order chi connectivity index (χ1) is 9.51. The fraction of sp³-hybridized carbons (Fsp3) is 0.250. The van der Waals surface area contributed by atoms with Crippen molar-refractivity contribution in [2.75, 3.05) is 0 Å². The molecule has 0 fully saturated rings. The van der Waals surface area contributed by atoms with E-state index in [0.29, 0.717) is 17.9 Å². The molecule has 104 valence electrons. The van der Waals surface area contributed by atoms with Gasteiger partial charge in [0.1, 0.15) is 17.2 Å². The summed E-state index contributed by atoms with van der Waals surface area (Å²) >= 11 is 3.53. The van der Waals surface area contributed by atoms with E-state index in [1.165, 1.54) is 0 Å². The fourth-order valence-corrected chi connectivity index (χ4v) is 2.12. The molecule has 0 aliphatic rings. The monoisotopic (exact) mass is 333 g/mol. The SMILES string of the molecule is CCC(=O)c1ccc(Oc2cc(C)c(Br)c(C)c2)cn1. The van der Waals surface area contributed by atoms with Crippen LogP contribution in [0.4, 0.5) is 0 Å². The molecular formula is C16H16BrNO2. The maximum Gasteiger partial charge on any atom is 0.180 e. The fourth-order valence-electron chi connectivity index (χ4n) is 1.89. The molecule has 1 aromatic carbocycles. The van der Waals surface area contributed by atoms with Crippen LogP contribution in [0.1, 0.15) is 35.0 Å². The lowest BCUT2D eigenvalue weighted by atomic mass is 10.1. The minimum atomic E-state index is 0.0341. The number of Topliss-reactive ketones (excluding diaryl/α,β-unsaturated/α-hetero) is 1. The average Bonchev–Trinajstić information content (AvgIpc) is 2.44. The maximum atomic E-state index is 11.5. The minimum absolute atomic E-state index is 0.0341. The second kappa shape index (κ2) is 6.18. The van der Waals surface area contributed by atoms with Crippen LogP contribution in [-0.4, -0.2) is 10.8 Å². The first-order valence-electron chi connectivity index (χ1n) is 6.45. The van der Waals surface area contributed by atoms with Crippen LogP contribution in [0.2, 0.25) is 0 Å². The van der Waals surface area contributed by atoms with Crippen molar-refractivity contribution in [3.05, 3.63) is 51.8 Å². The van der Waals surface area contributed by atoms with Crippen LogP contribution < -0.4 is 4.74 Å². The lowest BCUT2D eigenvalue weighted by Gasteiger charge is -2.09. The topological polar surface area (TPSA) is 39.2 Å². The third kappa shape index (κ3) is 3.25. The van der Waals surface area contributed by atoms with E-state index >= 15 is 0 Å². The molecule has 0 spiro atoms. The minimum Gasteiger partial charge on any atom is -0.456 e. The predicted molar refractivity (Wildman–Crippen MR) is 82.5 cm³/mol. The van der Waals surface area contributed by atoms with E-state index in [1.54, 1.807) is 18.3 Å². The van der Waals surface area contributed by atoms with Gasteiger partial charge in [-0.2, -0.15) is 0 Å². The van der Waals surface area contributed by atoms with E-state index in [4.69, 9.17) is 4.74 Å². The first kappa shape index (κ1) is 14.7. The van der Waals surface area contributed by atoms with Crippen molar-refractivity contribution in [3.63, 3.8) is 0 Å². The van der Waals surface area contributed by atoms with Gasteiger partial charge in [-0.05, 0) is 49.2 Å². The summed E-state index contributed by atoms with van der Waals surface area (Å²) in [6, 6.07) is 7.38. The van der Waals surface area contributed by atoms with Crippen molar-refractivity contribution in [2.24, 2.45) is 0 Å². The van der Waals surface area contributed by atoms with Crippen molar-refractivity contribution in [2.45, 2.75) is 27.2 Å². The van der Waals surface area contributed by atoms with Gasteiger partial charge in [-0.1, -0.05) is 22.9 Å². The molecule has 2 aromatic rings. The Hall–Kier alpha value is -1.68. The van der Waals surface area contributed by atoms with Crippen LogP contribution in [0.25, 0.3) is 0 Å². The average molecular weight is 334 g/mol. The Morgan fingerprint density at radius 2 is 1.85 bits per heavy atom. The molecule has 1 aromatic heterocycles. The van der Waals surface area contributed by atoms with Gasteiger partial charge < -0.3 is 4.74 Å². The Kier molecular flexibility index (Phi) is 4.55. The molecule has 0 saturated heterocycles. The third-order valence-electron chi connectivity index (χ3n) is 2.99. The second-order valence-electron chi connectivity index (χ2n) is 4.63. The highest BCUT2D eigenvalue weighted by atomic mass is 79.9. The highest BCUT2D eigenvalue weighted by Gasteiger charge is 2.07. The predicted octanol–water partition coefficient (Wildman–Crippen LogP) is 4.85. The molecular weight excluding hydrogens is 318 g/mol. The number of hydrogen-bond acceptors (Lipinski definition) is 3. The zero-order chi connectivity index (χ0) is 14.7. The summed E-state index contributed by atoms with van der Waals surface area (Å²) in [4.78, 5) is 15.6. The van der Waals surface area contributed by atoms with Gasteiger partial charge in [0.2, 0.25) is 0 Å². The van der Waals surface area contributed by atoms with Gasteiger partial charge in [0.25, 0.3) is 0 Å². The molecule has 0 aliphatic carbocycles. The van der Waals surface area contributed by atoms with Gasteiger partial charge in [-0.3, -0.25) is 4.79 Å². The molecule has 0 N–H and O–H groups in total. The molecule has 0 aliphatic heterocycles. The van der Waals surface area contributed by atoms with Crippen molar-refractivity contribution in [3.8, 4) is 11.5 Å². The zero-order valence-corrected chi connectivity index (χ0v) is 13.3. The molecule has 3 nitrogen and oxygen atoms in total. The van der Waals surface area contributed by atoms with Gasteiger partial charge in [-0.25, -0.2) is 4.98 Å². The number of aromatic nitrogens is 1. The molecule has 0 atom stereocenters. The highest BCUT2D eigenvalue weighted by Crippen LogP contribution is 2.29. The van der Waals surface area contributed by atoms with E-state index in [2.05, 4.69) is 20.9 Å². The quantitative estimate of drug-likeness (QED) is 0.751. The number of carbonyl (C=O) groups is 1. The number of rotatable bonds is 4. The number of benzene rings is 1. The maximum absolute atomic E-state index is 11.5. The van der Waals surface area contributed by atoms with Gasteiger partial charge in [-0.15, -0.1) is 0 Å². The van der Waals surface area contributed by atoms with Crippen LogP contribution in [0.3, 0.4) is 0 Å². The second-order valence-corrected chi connectivity index (χ2v) is 5.42. The number of halogens is 1. The molecule has 4 heteroatoms. The Morgan fingerprint density at radius 1 is 1.20 bits per heavy atom. The number of carbonyl (C=O) groups excluding carboxylic acids is 1. The van der Waals surface area contributed by atoms with Gasteiger partial charge in [0.15, 0.2) is 5.78 Å². The molecule has 20 heavy (non-hydrogen) atoms. The zero-order valence-electron chi connectivity index (χ0n) is 11.7. The van der Waals surface area contributed by atoms with E-state index in [-0.39, 0.29) is 5.78 Å². The van der Waals surface area contributed by atoms with Crippen molar-refractivity contribution in [1.29, 1.82) is 0 Å². The van der Waals surface area contributed by atoms with Crippen molar-refractivity contribution < 1.29 is 9.53 Å². The lowest BCUT2D eigenvalue weighted by Crippen LogP contribution is -1.99. The molecule has 0 radical (unpaired) electrons. The molecule has 2 rings (SSSR count). The summed E-state index contributed by atoms with van der Waals surface area (Å²) < 4.78 is 6.86. The summed E-state index contributed by atoms with van der Waals surface area (Å²) in [7, 11) is 0. The number of ether oxygens (including phenoxy) is 1. The summed E-state index contributed by atoms with van der Waals surface area (Å²) in [6.07, 6.45) is 2.04. The summed E-state index contributed by atoms with van der Waals surface area (Å²) in [5, 5.41) is 0. The Balaban J connectivity index is 2.20. The smallest absolute Gasteiger partial charge is 0.180 e. The Labute approximate surface area is 127 Å². The molecule has 0 bridgehead atoms. The van der Waals surface area contributed by atoms with Crippen LogP contribution >= 0.6 is 15.9 Å². The van der Waals surface area contributed by atoms with Crippen LogP contribution in [-0.2, 0) is 0 Å². The number of nitrogens with zero attached hydrogens (tertiary/aromatic N) is 1. The number of hydrogen-bond donors (Lipinski definition) is 0. The summed E-state index contributed by atoms with van der Waals surface area (Å²) in [6.45, 7) is 5.86. The van der Waals surface area contributed by atoms with E-state index < -0.39 is 0 Å². The van der Waals surface area contributed by atoms with E-state index in [9.17, 15) is 4.79 Å². The van der Waals surface area contributed by atoms with Crippen LogP contribution in [0.5, 0.6) is 11.5 Å². The first-order valence-corrected chi connectivity index (χ1v) is 7.24. The highest BCUT2D eigenvalue weighted by molar-refractivity contribution is 9.10. The number of ketones is 1. The molecule has 1 heterocycles. The van der Waals surface area contributed by atoms with Gasteiger partial charge >= 0.3 is 0 Å². The number of pyridine rings is 1. The largest absolute Gasteiger partial charge is 0.456 e. The molecule has 0 amide bonds. The summed E-state index contributed by atoms with van der Waals surface area (Å²) in [5.41, 5.74) is 2.71. The van der Waals surface area contributed by atoms with Crippen molar-refractivity contribution >= 4 is 21.7 Å². The molecule has 0 unspecified atom stereocenters. The van der Waals surface area contributed by atoms with Gasteiger partial charge in [0.05, 0.1) is 6.20 Å². The van der Waals surface area contributed by atoms with Crippen molar-refractivity contribution in [1.82, 2.24) is 4.98 Å².